The Kier molecular flexibility index (Phi) is 4.65. The number of aromatic nitrogens is 2. The van der Waals surface area contributed by atoms with E-state index >= 15 is 0 Å². The molecule has 0 radical (unpaired) electrons. The number of hydrogen-bond donors (Lipinski definition) is 0. The van der Waals surface area contributed by atoms with Crippen LogP contribution in [0.5, 0.6) is 11.8 Å². The smallest absolute Gasteiger partial charge is 0.321 e. The maximum Gasteiger partial charge on any atom is 0.321 e. The molecule has 1 aromatic carbocycles. The zero-order valence-electron chi connectivity index (χ0n) is 11.6. The van der Waals surface area contributed by atoms with E-state index < -0.39 is 0 Å². The zero-order chi connectivity index (χ0) is 14.4. The number of carbonyl (C=O) groups excluding carboxylic acids is 1. The van der Waals surface area contributed by atoms with Crippen LogP contribution < -0.4 is 4.74 Å². The SMILES string of the molecule is CCN(CC)C(=O)c1ccc(Oc2ncccn2)cc1. The summed E-state index contributed by atoms with van der Waals surface area (Å²) in [4.78, 5) is 21.9. The Hall–Kier alpha value is -2.43. The van der Waals surface area contributed by atoms with Gasteiger partial charge in [0, 0.05) is 31.0 Å². The molecule has 1 amide bonds. The summed E-state index contributed by atoms with van der Waals surface area (Å²) in [6, 6.07) is 8.99. The molecule has 0 atom stereocenters. The fourth-order valence-electron chi connectivity index (χ4n) is 1.80. The van der Waals surface area contributed by atoms with E-state index in [-0.39, 0.29) is 11.9 Å². The molecule has 0 unspecified atom stereocenters. The minimum atomic E-state index is 0.0255. The molecule has 5 heteroatoms. The van der Waals surface area contributed by atoms with Crippen molar-refractivity contribution in [3.63, 3.8) is 0 Å². The van der Waals surface area contributed by atoms with Crippen molar-refractivity contribution in [1.29, 1.82) is 0 Å². The lowest BCUT2D eigenvalue weighted by molar-refractivity contribution is 0.0773. The number of amides is 1. The molecule has 0 saturated heterocycles. The Morgan fingerprint density at radius 1 is 1.10 bits per heavy atom. The number of hydrogen-bond acceptors (Lipinski definition) is 4. The summed E-state index contributed by atoms with van der Waals surface area (Å²) in [5.41, 5.74) is 0.648. The molecule has 0 bridgehead atoms. The van der Waals surface area contributed by atoms with Crippen molar-refractivity contribution in [3.05, 3.63) is 48.3 Å². The van der Waals surface area contributed by atoms with Crippen LogP contribution in [0.3, 0.4) is 0 Å². The second-order valence-corrected chi connectivity index (χ2v) is 4.14. The fraction of sp³-hybridized carbons (Fsp3) is 0.267. The molecule has 1 heterocycles. The van der Waals surface area contributed by atoms with Crippen LogP contribution in [-0.2, 0) is 0 Å². The zero-order valence-corrected chi connectivity index (χ0v) is 11.6. The van der Waals surface area contributed by atoms with Crippen molar-refractivity contribution in [1.82, 2.24) is 14.9 Å². The molecule has 0 N–H and O–H groups in total. The van der Waals surface area contributed by atoms with Gasteiger partial charge in [-0.25, -0.2) is 9.97 Å². The second kappa shape index (κ2) is 6.65. The lowest BCUT2D eigenvalue weighted by Gasteiger charge is -2.18. The van der Waals surface area contributed by atoms with E-state index in [0.717, 1.165) is 0 Å². The summed E-state index contributed by atoms with van der Waals surface area (Å²) >= 11 is 0. The van der Waals surface area contributed by atoms with Gasteiger partial charge < -0.3 is 9.64 Å². The largest absolute Gasteiger partial charge is 0.424 e. The first-order valence-corrected chi connectivity index (χ1v) is 6.58. The summed E-state index contributed by atoms with van der Waals surface area (Å²) in [5, 5.41) is 0. The highest BCUT2D eigenvalue weighted by Crippen LogP contribution is 2.18. The molecule has 20 heavy (non-hydrogen) atoms. The van der Waals surface area contributed by atoms with Crippen LogP contribution in [0.2, 0.25) is 0 Å². The first kappa shape index (κ1) is 14.0. The highest BCUT2D eigenvalue weighted by atomic mass is 16.5. The molecule has 0 aliphatic heterocycles. The third-order valence-corrected chi connectivity index (χ3v) is 2.90. The van der Waals surface area contributed by atoms with Gasteiger partial charge in [0.15, 0.2) is 0 Å². The minimum Gasteiger partial charge on any atom is -0.424 e. The molecule has 0 spiro atoms. The van der Waals surface area contributed by atoms with Gasteiger partial charge in [0.2, 0.25) is 0 Å². The van der Waals surface area contributed by atoms with E-state index in [1.54, 1.807) is 47.6 Å². The standard InChI is InChI=1S/C15H17N3O2/c1-3-18(4-2)14(19)12-6-8-13(9-7-12)20-15-16-10-5-11-17-15/h5-11H,3-4H2,1-2H3. The summed E-state index contributed by atoms with van der Waals surface area (Å²) in [7, 11) is 0. The average Bonchev–Trinajstić information content (AvgIpc) is 2.50. The van der Waals surface area contributed by atoms with E-state index in [1.165, 1.54) is 0 Å². The number of rotatable bonds is 5. The van der Waals surface area contributed by atoms with Gasteiger partial charge in [-0.2, -0.15) is 0 Å². The number of nitrogens with zero attached hydrogens (tertiary/aromatic N) is 3. The van der Waals surface area contributed by atoms with Crippen LogP contribution in [0.4, 0.5) is 0 Å². The van der Waals surface area contributed by atoms with Crippen molar-refractivity contribution in [2.75, 3.05) is 13.1 Å². The lowest BCUT2D eigenvalue weighted by atomic mass is 10.2. The van der Waals surface area contributed by atoms with E-state index in [2.05, 4.69) is 9.97 Å². The van der Waals surface area contributed by atoms with Crippen molar-refractivity contribution in [2.45, 2.75) is 13.8 Å². The lowest BCUT2D eigenvalue weighted by Crippen LogP contribution is -2.30. The first-order valence-electron chi connectivity index (χ1n) is 6.58. The van der Waals surface area contributed by atoms with E-state index in [9.17, 15) is 4.79 Å². The fourth-order valence-corrected chi connectivity index (χ4v) is 1.80. The minimum absolute atomic E-state index is 0.0255. The molecular weight excluding hydrogens is 254 g/mol. The highest BCUT2D eigenvalue weighted by Gasteiger charge is 2.12. The first-order chi connectivity index (χ1) is 9.74. The molecule has 0 fully saturated rings. The Labute approximate surface area is 118 Å². The van der Waals surface area contributed by atoms with Crippen molar-refractivity contribution in [2.24, 2.45) is 0 Å². The van der Waals surface area contributed by atoms with Crippen LogP contribution in [0.1, 0.15) is 24.2 Å². The normalized spacial score (nSPS) is 10.1. The summed E-state index contributed by atoms with van der Waals surface area (Å²) in [6.07, 6.45) is 3.22. The predicted molar refractivity (Wildman–Crippen MR) is 75.8 cm³/mol. The van der Waals surface area contributed by atoms with Gasteiger partial charge in [0.05, 0.1) is 0 Å². The topological polar surface area (TPSA) is 55.3 Å². The number of ether oxygens (including phenoxy) is 1. The van der Waals surface area contributed by atoms with Crippen molar-refractivity contribution in [3.8, 4) is 11.8 Å². The molecule has 2 aromatic rings. The monoisotopic (exact) mass is 271 g/mol. The molecule has 1 aromatic heterocycles. The molecular formula is C15H17N3O2. The summed E-state index contributed by atoms with van der Waals surface area (Å²) in [5.74, 6) is 0.629. The van der Waals surface area contributed by atoms with Crippen LogP contribution >= 0.6 is 0 Å². The van der Waals surface area contributed by atoms with Gasteiger partial charge in [-0.05, 0) is 44.2 Å². The molecule has 2 rings (SSSR count). The van der Waals surface area contributed by atoms with Gasteiger partial charge in [-0.1, -0.05) is 0 Å². The quantitative estimate of drug-likeness (QED) is 0.839. The summed E-state index contributed by atoms with van der Waals surface area (Å²) < 4.78 is 5.48. The van der Waals surface area contributed by atoms with Crippen LogP contribution in [-0.4, -0.2) is 33.9 Å². The Morgan fingerprint density at radius 3 is 2.25 bits per heavy atom. The molecule has 0 aliphatic rings. The van der Waals surface area contributed by atoms with E-state index in [1.807, 2.05) is 13.8 Å². The van der Waals surface area contributed by atoms with Gasteiger partial charge in [0.1, 0.15) is 5.75 Å². The summed E-state index contributed by atoms with van der Waals surface area (Å²) in [6.45, 7) is 5.33. The predicted octanol–water partition coefficient (Wildman–Crippen LogP) is 2.75. The van der Waals surface area contributed by atoms with Crippen molar-refractivity contribution < 1.29 is 9.53 Å². The highest BCUT2D eigenvalue weighted by molar-refractivity contribution is 5.94. The third-order valence-electron chi connectivity index (χ3n) is 2.90. The molecule has 0 aliphatic carbocycles. The Balaban J connectivity index is 2.08. The molecule has 0 saturated carbocycles. The van der Waals surface area contributed by atoms with Crippen molar-refractivity contribution >= 4 is 5.91 Å². The maximum absolute atomic E-state index is 12.1. The maximum atomic E-state index is 12.1. The third kappa shape index (κ3) is 3.32. The van der Waals surface area contributed by atoms with E-state index in [4.69, 9.17) is 4.74 Å². The number of benzene rings is 1. The molecule has 104 valence electrons. The van der Waals surface area contributed by atoms with E-state index in [0.29, 0.717) is 24.4 Å². The van der Waals surface area contributed by atoms with Gasteiger partial charge in [0.25, 0.3) is 5.91 Å². The Morgan fingerprint density at radius 2 is 1.70 bits per heavy atom. The Bertz CT molecular complexity index is 551. The number of carbonyl (C=O) groups is 1. The van der Waals surface area contributed by atoms with Gasteiger partial charge >= 0.3 is 6.01 Å². The second-order valence-electron chi connectivity index (χ2n) is 4.14. The van der Waals surface area contributed by atoms with Crippen LogP contribution in [0, 0.1) is 0 Å². The van der Waals surface area contributed by atoms with Gasteiger partial charge in [-0.3, -0.25) is 4.79 Å². The van der Waals surface area contributed by atoms with Crippen LogP contribution in [0.15, 0.2) is 42.7 Å². The average molecular weight is 271 g/mol. The van der Waals surface area contributed by atoms with Gasteiger partial charge in [-0.15, -0.1) is 0 Å². The molecule has 5 nitrogen and oxygen atoms in total. The van der Waals surface area contributed by atoms with Crippen LogP contribution in [0.25, 0.3) is 0 Å².